The Hall–Kier alpha value is -1.10. The number of carbonyl (C=O) groups excluding carboxylic acids is 1. The number of carboxylic acid groups (broad SMARTS) is 1. The predicted molar refractivity (Wildman–Crippen MR) is 69.1 cm³/mol. The molecule has 0 saturated carbocycles. The summed E-state index contributed by atoms with van der Waals surface area (Å²) in [5.74, 6) is -1.00. The molecule has 0 radical (unpaired) electrons. The third-order valence-corrected chi connectivity index (χ3v) is 3.45. The van der Waals surface area contributed by atoms with E-state index in [0.29, 0.717) is 13.0 Å². The summed E-state index contributed by atoms with van der Waals surface area (Å²) in [4.78, 5) is 24.9. The number of nitrogens with two attached hydrogens (primary N) is 1. The highest BCUT2D eigenvalue weighted by molar-refractivity contribution is 5.84. The van der Waals surface area contributed by atoms with E-state index in [4.69, 9.17) is 5.73 Å². The minimum absolute atomic E-state index is 0.106. The second kappa shape index (κ2) is 7.36. The van der Waals surface area contributed by atoms with Crippen molar-refractivity contribution in [3.8, 4) is 0 Å². The van der Waals surface area contributed by atoms with Crippen LogP contribution in [0, 0.1) is 0 Å². The average Bonchev–Trinajstić information content (AvgIpc) is 2.54. The third kappa shape index (κ3) is 4.29. The standard InChI is InChI=1S/C13H24N2O3/c1-2-6-10(14)9-12(16)15-8-5-3-4-7-11(15)13(17)18/h10-11H,2-9,14H2,1H3,(H,17,18). The van der Waals surface area contributed by atoms with E-state index < -0.39 is 12.0 Å². The summed E-state index contributed by atoms with van der Waals surface area (Å²) in [5, 5.41) is 9.19. The Morgan fingerprint density at radius 1 is 1.39 bits per heavy atom. The Kier molecular flexibility index (Phi) is 6.12. The summed E-state index contributed by atoms with van der Waals surface area (Å²) in [5.41, 5.74) is 5.86. The van der Waals surface area contributed by atoms with Crippen molar-refractivity contribution in [1.82, 2.24) is 4.90 Å². The predicted octanol–water partition coefficient (Wildman–Crippen LogP) is 1.36. The number of hydrogen-bond donors (Lipinski definition) is 2. The molecule has 0 bridgehead atoms. The van der Waals surface area contributed by atoms with Gasteiger partial charge in [0.15, 0.2) is 0 Å². The fourth-order valence-corrected chi connectivity index (χ4v) is 2.48. The smallest absolute Gasteiger partial charge is 0.326 e. The number of nitrogens with zero attached hydrogens (tertiary/aromatic N) is 1. The normalized spacial score (nSPS) is 22.3. The fourth-order valence-electron chi connectivity index (χ4n) is 2.48. The summed E-state index contributed by atoms with van der Waals surface area (Å²) in [7, 11) is 0. The van der Waals surface area contributed by atoms with Gasteiger partial charge in [-0.15, -0.1) is 0 Å². The van der Waals surface area contributed by atoms with Crippen molar-refractivity contribution in [1.29, 1.82) is 0 Å². The van der Waals surface area contributed by atoms with Gasteiger partial charge in [-0.2, -0.15) is 0 Å². The largest absolute Gasteiger partial charge is 0.480 e. The number of carbonyl (C=O) groups is 2. The van der Waals surface area contributed by atoms with E-state index in [-0.39, 0.29) is 18.4 Å². The van der Waals surface area contributed by atoms with Gasteiger partial charge in [0.1, 0.15) is 6.04 Å². The first-order valence-corrected chi connectivity index (χ1v) is 6.84. The van der Waals surface area contributed by atoms with Crippen molar-refractivity contribution >= 4 is 11.9 Å². The van der Waals surface area contributed by atoms with E-state index in [1.54, 1.807) is 0 Å². The van der Waals surface area contributed by atoms with Crippen molar-refractivity contribution in [2.45, 2.75) is 64.0 Å². The number of rotatable bonds is 5. The summed E-state index contributed by atoms with van der Waals surface area (Å²) in [6.45, 7) is 2.57. The second-order valence-electron chi connectivity index (χ2n) is 5.04. The molecule has 1 rings (SSSR count). The Morgan fingerprint density at radius 3 is 2.72 bits per heavy atom. The van der Waals surface area contributed by atoms with Crippen LogP contribution in [-0.2, 0) is 9.59 Å². The zero-order valence-electron chi connectivity index (χ0n) is 11.1. The first-order valence-electron chi connectivity index (χ1n) is 6.84. The summed E-state index contributed by atoms with van der Waals surface area (Å²) in [6.07, 6.45) is 5.32. The molecule has 1 amide bonds. The highest BCUT2D eigenvalue weighted by atomic mass is 16.4. The van der Waals surface area contributed by atoms with Crippen molar-refractivity contribution in [3.63, 3.8) is 0 Å². The van der Waals surface area contributed by atoms with Crippen LogP contribution in [0.5, 0.6) is 0 Å². The molecule has 104 valence electrons. The summed E-state index contributed by atoms with van der Waals surface area (Å²) < 4.78 is 0. The SMILES string of the molecule is CCCC(N)CC(=O)N1CCCCCC1C(=O)O. The van der Waals surface area contributed by atoms with Crippen LogP contribution in [0.3, 0.4) is 0 Å². The second-order valence-corrected chi connectivity index (χ2v) is 5.04. The Labute approximate surface area is 108 Å². The molecule has 0 spiro atoms. The van der Waals surface area contributed by atoms with Gasteiger partial charge in [-0.1, -0.05) is 26.2 Å². The molecule has 1 aliphatic rings. The first-order chi connectivity index (χ1) is 8.56. The minimum atomic E-state index is -0.894. The van der Waals surface area contributed by atoms with E-state index in [1.165, 1.54) is 4.90 Å². The molecule has 2 unspecified atom stereocenters. The highest BCUT2D eigenvalue weighted by Gasteiger charge is 2.30. The molecular weight excluding hydrogens is 232 g/mol. The lowest BCUT2D eigenvalue weighted by Gasteiger charge is -2.28. The van der Waals surface area contributed by atoms with Crippen molar-refractivity contribution < 1.29 is 14.7 Å². The van der Waals surface area contributed by atoms with Gasteiger partial charge >= 0.3 is 5.97 Å². The first kappa shape index (κ1) is 15.0. The monoisotopic (exact) mass is 256 g/mol. The molecule has 1 saturated heterocycles. The molecule has 0 aromatic rings. The summed E-state index contributed by atoms with van der Waals surface area (Å²) >= 11 is 0. The van der Waals surface area contributed by atoms with E-state index in [9.17, 15) is 14.7 Å². The number of aliphatic carboxylic acids is 1. The molecule has 0 aromatic carbocycles. The fraction of sp³-hybridized carbons (Fsp3) is 0.846. The van der Waals surface area contributed by atoms with Crippen molar-refractivity contribution in [2.75, 3.05) is 6.54 Å². The van der Waals surface area contributed by atoms with Gasteiger partial charge < -0.3 is 15.7 Å². The molecule has 0 aliphatic carbocycles. The van der Waals surface area contributed by atoms with Crippen molar-refractivity contribution in [3.05, 3.63) is 0 Å². The Morgan fingerprint density at radius 2 is 2.11 bits per heavy atom. The lowest BCUT2D eigenvalue weighted by molar-refractivity contribution is -0.150. The van der Waals surface area contributed by atoms with E-state index in [2.05, 4.69) is 0 Å². The van der Waals surface area contributed by atoms with Gasteiger partial charge in [0.25, 0.3) is 0 Å². The topological polar surface area (TPSA) is 83.6 Å². The lowest BCUT2D eigenvalue weighted by atomic mass is 10.1. The van der Waals surface area contributed by atoms with Gasteiger partial charge in [-0.25, -0.2) is 4.79 Å². The third-order valence-electron chi connectivity index (χ3n) is 3.45. The average molecular weight is 256 g/mol. The van der Waals surface area contributed by atoms with Gasteiger partial charge in [0, 0.05) is 19.0 Å². The molecule has 1 heterocycles. The molecular formula is C13H24N2O3. The van der Waals surface area contributed by atoms with Crippen LogP contribution in [0.2, 0.25) is 0 Å². The van der Waals surface area contributed by atoms with Crippen LogP contribution in [0.15, 0.2) is 0 Å². The van der Waals surface area contributed by atoms with Gasteiger partial charge in [-0.3, -0.25) is 4.79 Å². The van der Waals surface area contributed by atoms with Crippen LogP contribution in [0.25, 0.3) is 0 Å². The maximum Gasteiger partial charge on any atom is 0.326 e. The number of hydrogen-bond acceptors (Lipinski definition) is 3. The van der Waals surface area contributed by atoms with Gasteiger partial charge in [0.05, 0.1) is 0 Å². The van der Waals surface area contributed by atoms with E-state index >= 15 is 0 Å². The lowest BCUT2D eigenvalue weighted by Crippen LogP contribution is -2.46. The Balaban J connectivity index is 2.63. The highest BCUT2D eigenvalue weighted by Crippen LogP contribution is 2.18. The van der Waals surface area contributed by atoms with Gasteiger partial charge in [0.2, 0.25) is 5.91 Å². The van der Waals surface area contributed by atoms with Crippen LogP contribution >= 0.6 is 0 Å². The van der Waals surface area contributed by atoms with E-state index in [1.807, 2.05) is 6.92 Å². The maximum atomic E-state index is 12.1. The number of carboxylic acids is 1. The molecule has 1 fully saturated rings. The number of likely N-dealkylation sites (tertiary alicyclic amines) is 1. The van der Waals surface area contributed by atoms with Crippen LogP contribution < -0.4 is 5.73 Å². The zero-order valence-corrected chi connectivity index (χ0v) is 11.1. The van der Waals surface area contributed by atoms with Gasteiger partial charge in [-0.05, 0) is 19.3 Å². The number of amides is 1. The molecule has 2 atom stereocenters. The summed E-state index contributed by atoms with van der Waals surface area (Å²) in [6, 6.07) is -0.811. The van der Waals surface area contributed by atoms with Crippen molar-refractivity contribution in [2.24, 2.45) is 5.73 Å². The molecule has 1 aliphatic heterocycles. The minimum Gasteiger partial charge on any atom is -0.480 e. The molecule has 18 heavy (non-hydrogen) atoms. The zero-order chi connectivity index (χ0) is 13.5. The Bertz CT molecular complexity index is 294. The quantitative estimate of drug-likeness (QED) is 0.778. The van der Waals surface area contributed by atoms with Crippen LogP contribution in [-0.4, -0.2) is 40.5 Å². The molecule has 0 aromatic heterocycles. The molecule has 5 heteroatoms. The van der Waals surface area contributed by atoms with Crippen LogP contribution in [0.1, 0.15) is 51.9 Å². The maximum absolute atomic E-state index is 12.1. The van der Waals surface area contributed by atoms with E-state index in [0.717, 1.165) is 32.1 Å². The molecule has 3 N–H and O–H groups in total. The molecule has 5 nitrogen and oxygen atoms in total. The van der Waals surface area contributed by atoms with Crippen LogP contribution in [0.4, 0.5) is 0 Å².